The standard InChI is InChI=1S/C14H13BrCl2FN3O2/c1-14(22)5-21(2-3-23-6-14)12-7-4-8(16)9(15)10(18)11(7)19-13(17)20-12/h4,22H,2-3,5-6H2,1H3. The minimum atomic E-state index is -1.06. The van der Waals surface area contributed by atoms with E-state index < -0.39 is 11.4 Å². The SMILES string of the molecule is CC1(O)COCCN(c2nc(Cl)nc3c(F)c(Br)c(Cl)cc23)C1. The van der Waals surface area contributed by atoms with Crippen LogP contribution in [0.4, 0.5) is 10.2 Å². The minimum absolute atomic E-state index is 0.0704. The molecule has 0 radical (unpaired) electrons. The molecule has 1 atom stereocenters. The Morgan fingerprint density at radius 3 is 2.91 bits per heavy atom. The third-order valence-corrected chi connectivity index (χ3v) is 5.00. The monoisotopic (exact) mass is 423 g/mol. The number of anilines is 1. The van der Waals surface area contributed by atoms with Gasteiger partial charge in [0.1, 0.15) is 16.9 Å². The molecule has 1 unspecified atom stereocenters. The van der Waals surface area contributed by atoms with Crippen molar-refractivity contribution in [1.82, 2.24) is 9.97 Å². The molecule has 5 nitrogen and oxygen atoms in total. The van der Waals surface area contributed by atoms with E-state index in [0.29, 0.717) is 24.4 Å². The maximum Gasteiger partial charge on any atom is 0.225 e. The first-order valence-corrected chi connectivity index (χ1v) is 8.39. The van der Waals surface area contributed by atoms with Crippen molar-refractivity contribution in [3.63, 3.8) is 0 Å². The molecule has 2 aromatic rings. The summed E-state index contributed by atoms with van der Waals surface area (Å²) in [6.45, 7) is 3.03. The van der Waals surface area contributed by atoms with E-state index in [4.69, 9.17) is 27.9 Å². The Morgan fingerprint density at radius 1 is 1.43 bits per heavy atom. The molecular formula is C14H13BrCl2FN3O2. The number of ether oxygens (including phenoxy) is 1. The minimum Gasteiger partial charge on any atom is -0.386 e. The Hall–Kier alpha value is -0.730. The van der Waals surface area contributed by atoms with Crippen LogP contribution < -0.4 is 4.90 Å². The smallest absolute Gasteiger partial charge is 0.225 e. The molecule has 0 aliphatic carbocycles. The van der Waals surface area contributed by atoms with Crippen LogP contribution in [-0.4, -0.2) is 47.0 Å². The molecule has 1 aromatic carbocycles. The molecule has 0 spiro atoms. The summed E-state index contributed by atoms with van der Waals surface area (Å²) in [4.78, 5) is 9.98. The molecule has 124 valence electrons. The molecule has 0 saturated carbocycles. The molecule has 1 aliphatic heterocycles. The van der Waals surface area contributed by atoms with Gasteiger partial charge in [-0.15, -0.1) is 0 Å². The molecule has 3 rings (SSSR count). The zero-order valence-electron chi connectivity index (χ0n) is 12.1. The highest BCUT2D eigenvalue weighted by Crippen LogP contribution is 2.36. The average molecular weight is 425 g/mol. The summed E-state index contributed by atoms with van der Waals surface area (Å²) in [5, 5.41) is 10.9. The first-order valence-electron chi connectivity index (χ1n) is 6.84. The topological polar surface area (TPSA) is 58.5 Å². The summed E-state index contributed by atoms with van der Waals surface area (Å²) in [5.74, 6) is -0.185. The van der Waals surface area contributed by atoms with Crippen LogP contribution in [0.25, 0.3) is 10.9 Å². The summed E-state index contributed by atoms with van der Waals surface area (Å²) in [7, 11) is 0. The average Bonchev–Trinajstić information content (AvgIpc) is 2.66. The quantitative estimate of drug-likeness (QED) is 0.561. The molecule has 1 saturated heterocycles. The van der Waals surface area contributed by atoms with Crippen molar-refractivity contribution >= 4 is 55.9 Å². The van der Waals surface area contributed by atoms with Gasteiger partial charge in [-0.25, -0.2) is 9.37 Å². The van der Waals surface area contributed by atoms with Crippen LogP contribution in [0.1, 0.15) is 6.92 Å². The van der Waals surface area contributed by atoms with E-state index in [1.165, 1.54) is 0 Å². The predicted octanol–water partition coefficient (Wildman–Crippen LogP) is 3.43. The van der Waals surface area contributed by atoms with Gasteiger partial charge in [-0.1, -0.05) is 11.6 Å². The molecule has 2 heterocycles. The zero-order valence-corrected chi connectivity index (χ0v) is 15.2. The number of aliphatic hydroxyl groups is 1. The van der Waals surface area contributed by atoms with E-state index in [2.05, 4.69) is 25.9 Å². The van der Waals surface area contributed by atoms with Crippen LogP contribution in [0, 0.1) is 5.82 Å². The molecule has 23 heavy (non-hydrogen) atoms. The number of rotatable bonds is 1. The Kier molecular flexibility index (Phi) is 4.68. The van der Waals surface area contributed by atoms with Gasteiger partial charge < -0.3 is 14.7 Å². The first-order chi connectivity index (χ1) is 10.8. The van der Waals surface area contributed by atoms with Crippen molar-refractivity contribution in [2.45, 2.75) is 12.5 Å². The molecular weight excluding hydrogens is 412 g/mol. The number of β-amino-alcohol motifs (C(OH)–C–C–N with tert-alkyl or cyclic N) is 1. The summed E-state index contributed by atoms with van der Waals surface area (Å²) < 4.78 is 20.0. The van der Waals surface area contributed by atoms with Crippen LogP contribution in [0.5, 0.6) is 0 Å². The molecule has 1 aromatic heterocycles. The van der Waals surface area contributed by atoms with Crippen LogP contribution in [0.2, 0.25) is 10.3 Å². The van der Waals surface area contributed by atoms with E-state index in [9.17, 15) is 9.50 Å². The lowest BCUT2D eigenvalue weighted by molar-refractivity contribution is -0.0123. The number of hydrogen-bond donors (Lipinski definition) is 1. The highest BCUT2D eigenvalue weighted by atomic mass is 79.9. The largest absolute Gasteiger partial charge is 0.386 e. The molecule has 0 amide bonds. The normalized spacial score (nSPS) is 22.4. The van der Waals surface area contributed by atoms with Crippen molar-refractivity contribution in [2.75, 3.05) is 31.2 Å². The number of hydrogen-bond acceptors (Lipinski definition) is 5. The molecule has 1 fully saturated rings. The summed E-state index contributed by atoms with van der Waals surface area (Å²) >= 11 is 15.1. The van der Waals surface area contributed by atoms with Gasteiger partial charge in [-0.05, 0) is 40.5 Å². The Morgan fingerprint density at radius 2 is 2.17 bits per heavy atom. The Labute approximate surface area is 150 Å². The summed E-state index contributed by atoms with van der Waals surface area (Å²) in [6, 6.07) is 1.58. The van der Waals surface area contributed by atoms with E-state index >= 15 is 0 Å². The van der Waals surface area contributed by atoms with Gasteiger partial charge in [-0.3, -0.25) is 0 Å². The van der Waals surface area contributed by atoms with E-state index in [1.54, 1.807) is 17.9 Å². The van der Waals surface area contributed by atoms with Gasteiger partial charge in [0.2, 0.25) is 5.28 Å². The second kappa shape index (κ2) is 6.29. The Bertz CT molecular complexity index is 776. The molecule has 9 heteroatoms. The van der Waals surface area contributed by atoms with Gasteiger partial charge in [0.25, 0.3) is 0 Å². The van der Waals surface area contributed by atoms with Crippen LogP contribution in [0.15, 0.2) is 10.5 Å². The third-order valence-electron chi connectivity index (χ3n) is 3.53. The number of benzene rings is 1. The van der Waals surface area contributed by atoms with Gasteiger partial charge in [0.05, 0.1) is 29.3 Å². The van der Waals surface area contributed by atoms with Gasteiger partial charge >= 0.3 is 0 Å². The van der Waals surface area contributed by atoms with Gasteiger partial charge in [0.15, 0.2) is 5.82 Å². The van der Waals surface area contributed by atoms with Crippen molar-refractivity contribution in [3.8, 4) is 0 Å². The van der Waals surface area contributed by atoms with Crippen LogP contribution >= 0.6 is 39.1 Å². The number of aromatic nitrogens is 2. The van der Waals surface area contributed by atoms with E-state index in [1.807, 2.05) is 0 Å². The lowest BCUT2D eigenvalue weighted by Crippen LogP contribution is -2.42. The molecule has 1 aliphatic rings. The second-order valence-electron chi connectivity index (χ2n) is 5.67. The summed E-state index contributed by atoms with van der Waals surface area (Å²) in [6.07, 6.45) is 0. The number of fused-ring (bicyclic) bond motifs is 1. The fraction of sp³-hybridized carbons (Fsp3) is 0.429. The maximum absolute atomic E-state index is 14.4. The highest BCUT2D eigenvalue weighted by Gasteiger charge is 2.30. The molecule has 0 bridgehead atoms. The van der Waals surface area contributed by atoms with E-state index in [-0.39, 0.29) is 33.4 Å². The van der Waals surface area contributed by atoms with Crippen molar-refractivity contribution < 1.29 is 14.2 Å². The van der Waals surface area contributed by atoms with Crippen LogP contribution in [0.3, 0.4) is 0 Å². The Balaban J connectivity index is 2.20. The van der Waals surface area contributed by atoms with Crippen molar-refractivity contribution in [2.24, 2.45) is 0 Å². The predicted molar refractivity (Wildman–Crippen MR) is 90.9 cm³/mol. The fourth-order valence-corrected chi connectivity index (χ4v) is 3.21. The lowest BCUT2D eigenvalue weighted by atomic mass is 10.1. The van der Waals surface area contributed by atoms with E-state index in [0.717, 1.165) is 0 Å². The first kappa shape index (κ1) is 17.1. The van der Waals surface area contributed by atoms with Gasteiger partial charge in [0, 0.05) is 11.9 Å². The molecule has 1 N–H and O–H groups in total. The van der Waals surface area contributed by atoms with Crippen molar-refractivity contribution in [1.29, 1.82) is 0 Å². The second-order valence-corrected chi connectivity index (χ2v) is 7.21. The number of nitrogens with zero attached hydrogens (tertiary/aromatic N) is 3. The highest BCUT2D eigenvalue weighted by molar-refractivity contribution is 9.10. The van der Waals surface area contributed by atoms with Crippen LogP contribution in [-0.2, 0) is 4.74 Å². The summed E-state index contributed by atoms with van der Waals surface area (Å²) in [5.41, 5.74) is -0.987. The third kappa shape index (κ3) is 3.39. The van der Waals surface area contributed by atoms with Crippen molar-refractivity contribution in [3.05, 3.63) is 26.7 Å². The zero-order chi connectivity index (χ0) is 16.8. The lowest BCUT2D eigenvalue weighted by Gasteiger charge is -2.29. The fourth-order valence-electron chi connectivity index (χ4n) is 2.55. The van der Waals surface area contributed by atoms with Gasteiger partial charge in [-0.2, -0.15) is 4.98 Å². The maximum atomic E-state index is 14.4. The number of halogens is 4.